The number of piperidine rings is 2. The average Bonchev–Trinajstić information content (AvgIpc) is 2.38. The number of hydrogen-bond donors (Lipinski definition) is 1. The van der Waals surface area contributed by atoms with E-state index in [0.717, 1.165) is 45.3 Å². The molecule has 1 N–H and O–H groups in total. The molecule has 1 atom stereocenters. The van der Waals surface area contributed by atoms with Gasteiger partial charge in [-0.05, 0) is 50.6 Å². The van der Waals surface area contributed by atoms with Crippen LogP contribution in [0.5, 0.6) is 0 Å². The third-order valence-electron chi connectivity index (χ3n) is 4.33. The van der Waals surface area contributed by atoms with Crippen LogP contribution in [-0.4, -0.2) is 57.4 Å². The van der Waals surface area contributed by atoms with E-state index in [4.69, 9.17) is 0 Å². The number of sulfone groups is 1. The van der Waals surface area contributed by atoms with E-state index in [-0.39, 0.29) is 17.6 Å². The zero-order valence-corrected chi connectivity index (χ0v) is 13.1. The lowest BCUT2D eigenvalue weighted by atomic mass is 9.93. The van der Waals surface area contributed by atoms with Crippen molar-refractivity contribution in [2.45, 2.75) is 32.1 Å². The lowest BCUT2D eigenvalue weighted by Crippen LogP contribution is -2.43. The lowest BCUT2D eigenvalue weighted by Gasteiger charge is -2.34. The highest BCUT2D eigenvalue weighted by Gasteiger charge is 2.27. The molecule has 0 spiro atoms. The summed E-state index contributed by atoms with van der Waals surface area (Å²) in [6.45, 7) is 3.43. The molecule has 0 aromatic rings. The Morgan fingerprint density at radius 1 is 1.20 bits per heavy atom. The molecule has 0 radical (unpaired) electrons. The molecule has 0 aromatic heterocycles. The minimum absolute atomic E-state index is 0.121. The number of carbonyl (C=O) groups excluding carboxylic acids is 1. The third-order valence-corrected chi connectivity index (χ3v) is 5.41. The van der Waals surface area contributed by atoms with Crippen LogP contribution in [0.4, 0.5) is 0 Å². The van der Waals surface area contributed by atoms with Crippen molar-refractivity contribution in [3.8, 4) is 0 Å². The molecular formula is C14H26N2O3S. The molecule has 2 aliphatic heterocycles. The van der Waals surface area contributed by atoms with Crippen LogP contribution in [0.15, 0.2) is 0 Å². The quantitative estimate of drug-likeness (QED) is 0.828. The van der Waals surface area contributed by atoms with Gasteiger partial charge in [-0.15, -0.1) is 0 Å². The first-order chi connectivity index (χ1) is 9.44. The number of nitrogens with one attached hydrogen (secondary N) is 1. The summed E-state index contributed by atoms with van der Waals surface area (Å²) in [7, 11) is -2.95. The van der Waals surface area contributed by atoms with Crippen molar-refractivity contribution in [2.75, 3.05) is 38.2 Å². The first kappa shape index (κ1) is 15.8. The first-order valence-electron chi connectivity index (χ1n) is 7.60. The molecule has 0 unspecified atom stereocenters. The van der Waals surface area contributed by atoms with E-state index in [1.54, 1.807) is 0 Å². The molecule has 0 bridgehead atoms. The number of amides is 1. The van der Waals surface area contributed by atoms with E-state index in [0.29, 0.717) is 18.9 Å². The summed E-state index contributed by atoms with van der Waals surface area (Å²) in [5.41, 5.74) is 0. The fourth-order valence-corrected chi connectivity index (χ4v) is 4.45. The van der Waals surface area contributed by atoms with Gasteiger partial charge in [-0.25, -0.2) is 8.42 Å². The van der Waals surface area contributed by atoms with Crippen molar-refractivity contribution < 1.29 is 13.2 Å². The summed E-state index contributed by atoms with van der Waals surface area (Å²) >= 11 is 0. The number of nitrogens with zero attached hydrogens (tertiary/aromatic N) is 1. The third kappa shape index (κ3) is 5.05. The lowest BCUT2D eigenvalue weighted by molar-refractivity contribution is -0.134. The van der Waals surface area contributed by atoms with Crippen molar-refractivity contribution in [3.63, 3.8) is 0 Å². The Bertz CT molecular complexity index is 430. The Labute approximate surface area is 122 Å². The normalized spacial score (nSPS) is 25.6. The summed E-state index contributed by atoms with van der Waals surface area (Å²) in [5, 5.41) is 3.31. The highest BCUT2D eigenvalue weighted by atomic mass is 32.2. The second kappa shape index (κ2) is 6.89. The molecule has 0 saturated carbocycles. The zero-order valence-electron chi connectivity index (χ0n) is 12.3. The van der Waals surface area contributed by atoms with Crippen LogP contribution in [0, 0.1) is 11.8 Å². The fraction of sp³-hybridized carbons (Fsp3) is 0.929. The maximum atomic E-state index is 12.3. The van der Waals surface area contributed by atoms with Crippen LogP contribution >= 0.6 is 0 Å². The van der Waals surface area contributed by atoms with Crippen LogP contribution in [0.2, 0.25) is 0 Å². The van der Waals surface area contributed by atoms with Gasteiger partial charge in [0.15, 0.2) is 0 Å². The molecule has 6 heteroatoms. The van der Waals surface area contributed by atoms with Crippen LogP contribution < -0.4 is 5.32 Å². The van der Waals surface area contributed by atoms with Gasteiger partial charge in [0.1, 0.15) is 9.84 Å². The van der Waals surface area contributed by atoms with E-state index >= 15 is 0 Å². The second-order valence-corrected chi connectivity index (χ2v) is 8.52. The molecule has 0 aromatic carbocycles. The van der Waals surface area contributed by atoms with E-state index in [2.05, 4.69) is 5.32 Å². The monoisotopic (exact) mass is 302 g/mol. The summed E-state index contributed by atoms with van der Waals surface area (Å²) < 4.78 is 22.8. The minimum Gasteiger partial charge on any atom is -0.342 e. The Morgan fingerprint density at radius 2 is 1.90 bits per heavy atom. The van der Waals surface area contributed by atoms with E-state index in [1.165, 1.54) is 6.26 Å². The fourth-order valence-electron chi connectivity index (χ4n) is 3.32. The number of rotatable bonds is 4. The Balaban J connectivity index is 1.83. The SMILES string of the molecule is CS(=O)(=O)C[C@H]1CCCN(C(=O)CC2CCNCC2)C1. The van der Waals surface area contributed by atoms with Crippen LogP contribution in [0.25, 0.3) is 0 Å². The summed E-state index contributed by atoms with van der Waals surface area (Å²) in [5.74, 6) is 1.05. The maximum Gasteiger partial charge on any atom is 0.222 e. The zero-order chi connectivity index (χ0) is 14.6. The molecule has 116 valence electrons. The van der Waals surface area contributed by atoms with Gasteiger partial charge in [-0.2, -0.15) is 0 Å². The summed E-state index contributed by atoms with van der Waals surface area (Å²) in [6, 6.07) is 0. The molecule has 2 aliphatic rings. The molecule has 2 rings (SSSR count). The maximum absolute atomic E-state index is 12.3. The van der Waals surface area contributed by atoms with Gasteiger partial charge in [0, 0.05) is 25.8 Å². The summed E-state index contributed by atoms with van der Waals surface area (Å²) in [4.78, 5) is 14.2. The summed E-state index contributed by atoms with van der Waals surface area (Å²) in [6.07, 6.45) is 5.91. The Kier molecular flexibility index (Phi) is 5.43. The van der Waals surface area contributed by atoms with E-state index in [1.807, 2.05) is 4.90 Å². The molecular weight excluding hydrogens is 276 g/mol. The molecule has 0 aliphatic carbocycles. The van der Waals surface area contributed by atoms with E-state index < -0.39 is 9.84 Å². The molecule has 5 nitrogen and oxygen atoms in total. The van der Waals surface area contributed by atoms with Crippen LogP contribution in [0.1, 0.15) is 32.1 Å². The van der Waals surface area contributed by atoms with Crippen LogP contribution in [0.3, 0.4) is 0 Å². The minimum atomic E-state index is -2.95. The first-order valence-corrected chi connectivity index (χ1v) is 9.66. The van der Waals surface area contributed by atoms with Crippen molar-refractivity contribution in [2.24, 2.45) is 11.8 Å². The molecule has 2 heterocycles. The van der Waals surface area contributed by atoms with Gasteiger partial charge in [0.05, 0.1) is 5.75 Å². The number of likely N-dealkylation sites (tertiary alicyclic amines) is 1. The predicted octanol–water partition coefficient (Wildman–Crippen LogP) is 0.659. The molecule has 2 saturated heterocycles. The topological polar surface area (TPSA) is 66.5 Å². The number of carbonyl (C=O) groups is 1. The predicted molar refractivity (Wildman–Crippen MR) is 79.2 cm³/mol. The van der Waals surface area contributed by atoms with Crippen molar-refractivity contribution in [1.29, 1.82) is 0 Å². The van der Waals surface area contributed by atoms with Gasteiger partial charge < -0.3 is 10.2 Å². The molecule has 1 amide bonds. The van der Waals surface area contributed by atoms with Gasteiger partial charge in [0.25, 0.3) is 0 Å². The highest BCUT2D eigenvalue weighted by molar-refractivity contribution is 7.90. The van der Waals surface area contributed by atoms with Crippen LogP contribution in [-0.2, 0) is 14.6 Å². The largest absolute Gasteiger partial charge is 0.342 e. The van der Waals surface area contributed by atoms with Crippen molar-refractivity contribution in [1.82, 2.24) is 10.2 Å². The smallest absolute Gasteiger partial charge is 0.222 e. The van der Waals surface area contributed by atoms with Gasteiger partial charge in [-0.3, -0.25) is 4.79 Å². The van der Waals surface area contributed by atoms with Crippen molar-refractivity contribution >= 4 is 15.7 Å². The highest BCUT2D eigenvalue weighted by Crippen LogP contribution is 2.22. The van der Waals surface area contributed by atoms with Crippen molar-refractivity contribution in [3.05, 3.63) is 0 Å². The average molecular weight is 302 g/mol. The second-order valence-electron chi connectivity index (χ2n) is 6.34. The molecule has 20 heavy (non-hydrogen) atoms. The van der Waals surface area contributed by atoms with Gasteiger partial charge >= 0.3 is 0 Å². The Hall–Kier alpha value is -0.620. The standard InChI is InChI=1S/C14H26N2O3S/c1-20(18,19)11-13-3-2-8-16(10-13)14(17)9-12-4-6-15-7-5-12/h12-13,15H,2-11H2,1H3/t13-/m0/s1. The van der Waals surface area contributed by atoms with E-state index in [9.17, 15) is 13.2 Å². The number of hydrogen-bond acceptors (Lipinski definition) is 4. The van der Waals surface area contributed by atoms with Gasteiger partial charge in [-0.1, -0.05) is 0 Å². The Morgan fingerprint density at radius 3 is 2.55 bits per heavy atom. The van der Waals surface area contributed by atoms with Gasteiger partial charge in [0.2, 0.25) is 5.91 Å². The molecule has 2 fully saturated rings.